The van der Waals surface area contributed by atoms with Crippen molar-refractivity contribution in [2.75, 3.05) is 6.54 Å². The van der Waals surface area contributed by atoms with E-state index in [1.165, 1.54) is 11.3 Å². The van der Waals surface area contributed by atoms with Gasteiger partial charge in [0.15, 0.2) is 0 Å². The number of aromatic nitrogens is 1. The fourth-order valence-electron chi connectivity index (χ4n) is 2.20. The summed E-state index contributed by atoms with van der Waals surface area (Å²) in [6, 6.07) is 7.34. The molecule has 0 bridgehead atoms. The SMILES string of the molecule is O=C(NCC1(O)CCC1)c1csc(-c2ccc(Cl)cc2)n1. The van der Waals surface area contributed by atoms with E-state index in [9.17, 15) is 9.90 Å². The minimum atomic E-state index is -0.718. The van der Waals surface area contributed by atoms with Gasteiger partial charge in [-0.3, -0.25) is 4.79 Å². The number of hydrogen-bond donors (Lipinski definition) is 2. The number of halogens is 1. The van der Waals surface area contributed by atoms with Crippen LogP contribution in [0.2, 0.25) is 5.02 Å². The number of nitrogens with one attached hydrogen (secondary N) is 1. The van der Waals surface area contributed by atoms with Crippen molar-refractivity contribution in [1.29, 1.82) is 0 Å². The first-order valence-electron chi connectivity index (χ1n) is 6.78. The maximum Gasteiger partial charge on any atom is 0.270 e. The van der Waals surface area contributed by atoms with Crippen molar-refractivity contribution in [3.05, 3.63) is 40.4 Å². The van der Waals surface area contributed by atoms with Gasteiger partial charge in [-0.2, -0.15) is 0 Å². The average molecular weight is 323 g/mol. The number of hydrogen-bond acceptors (Lipinski definition) is 4. The minimum absolute atomic E-state index is 0.244. The molecule has 0 radical (unpaired) electrons. The van der Waals surface area contributed by atoms with E-state index in [-0.39, 0.29) is 5.91 Å². The predicted octanol–water partition coefficient (Wildman–Crippen LogP) is 3.11. The Labute approximate surface area is 131 Å². The number of rotatable bonds is 4. The van der Waals surface area contributed by atoms with Crippen LogP contribution in [0.4, 0.5) is 0 Å². The van der Waals surface area contributed by atoms with Crippen LogP contribution in [0.15, 0.2) is 29.6 Å². The Kier molecular flexibility index (Phi) is 3.97. The molecule has 3 rings (SSSR count). The van der Waals surface area contributed by atoms with Crippen molar-refractivity contribution in [3.8, 4) is 10.6 Å². The first-order chi connectivity index (χ1) is 10.1. The molecule has 21 heavy (non-hydrogen) atoms. The van der Waals surface area contributed by atoms with Crippen molar-refractivity contribution in [2.45, 2.75) is 24.9 Å². The number of carbonyl (C=O) groups excluding carboxylic acids is 1. The van der Waals surface area contributed by atoms with Gasteiger partial charge in [-0.05, 0) is 31.4 Å². The Hall–Kier alpha value is -1.43. The first kappa shape index (κ1) is 14.5. The molecule has 1 amide bonds. The van der Waals surface area contributed by atoms with Gasteiger partial charge in [0.25, 0.3) is 5.91 Å². The normalized spacial score (nSPS) is 16.3. The third kappa shape index (κ3) is 3.26. The Morgan fingerprint density at radius 2 is 2.10 bits per heavy atom. The molecule has 1 fully saturated rings. The summed E-state index contributed by atoms with van der Waals surface area (Å²) in [5.74, 6) is -0.244. The molecule has 0 atom stereocenters. The second-order valence-electron chi connectivity index (χ2n) is 5.31. The lowest BCUT2D eigenvalue weighted by Gasteiger charge is -2.36. The highest BCUT2D eigenvalue weighted by molar-refractivity contribution is 7.13. The van der Waals surface area contributed by atoms with Crippen molar-refractivity contribution < 1.29 is 9.90 Å². The van der Waals surface area contributed by atoms with Gasteiger partial charge >= 0.3 is 0 Å². The van der Waals surface area contributed by atoms with Crippen LogP contribution in [0.3, 0.4) is 0 Å². The van der Waals surface area contributed by atoms with E-state index in [0.717, 1.165) is 29.8 Å². The van der Waals surface area contributed by atoms with Gasteiger partial charge in [-0.15, -0.1) is 11.3 Å². The zero-order valence-electron chi connectivity index (χ0n) is 11.3. The van der Waals surface area contributed by atoms with Gasteiger partial charge in [-0.1, -0.05) is 23.7 Å². The summed E-state index contributed by atoms with van der Waals surface area (Å²) in [4.78, 5) is 16.4. The van der Waals surface area contributed by atoms with Gasteiger partial charge in [0.05, 0.1) is 5.60 Å². The summed E-state index contributed by atoms with van der Waals surface area (Å²) in [7, 11) is 0. The molecule has 0 aliphatic heterocycles. The van der Waals surface area contributed by atoms with Crippen molar-refractivity contribution in [1.82, 2.24) is 10.3 Å². The molecule has 0 saturated heterocycles. The third-order valence-electron chi connectivity index (χ3n) is 3.69. The molecular weight excluding hydrogens is 308 g/mol. The smallest absolute Gasteiger partial charge is 0.270 e. The predicted molar refractivity (Wildman–Crippen MR) is 83.7 cm³/mol. The van der Waals surface area contributed by atoms with Crippen LogP contribution in [0, 0.1) is 0 Å². The van der Waals surface area contributed by atoms with Crippen LogP contribution >= 0.6 is 22.9 Å². The second kappa shape index (κ2) is 5.75. The van der Waals surface area contributed by atoms with Crippen LogP contribution in [0.25, 0.3) is 10.6 Å². The molecule has 0 spiro atoms. The Morgan fingerprint density at radius 1 is 1.38 bits per heavy atom. The highest BCUT2D eigenvalue weighted by Crippen LogP contribution is 2.30. The van der Waals surface area contributed by atoms with Crippen LogP contribution in [-0.4, -0.2) is 28.1 Å². The quantitative estimate of drug-likeness (QED) is 0.909. The average Bonchev–Trinajstić information content (AvgIpc) is 2.93. The monoisotopic (exact) mass is 322 g/mol. The summed E-state index contributed by atoms with van der Waals surface area (Å²) in [6.07, 6.45) is 2.52. The largest absolute Gasteiger partial charge is 0.388 e. The van der Waals surface area contributed by atoms with E-state index in [1.54, 1.807) is 17.5 Å². The standard InChI is InChI=1S/C15H15ClN2O2S/c16-11-4-2-10(3-5-11)14-18-12(8-21-14)13(19)17-9-15(20)6-1-7-15/h2-5,8,20H,1,6-7,9H2,(H,17,19). The van der Waals surface area contributed by atoms with Crippen molar-refractivity contribution >= 4 is 28.8 Å². The van der Waals surface area contributed by atoms with E-state index in [4.69, 9.17) is 11.6 Å². The number of amides is 1. The molecule has 4 nitrogen and oxygen atoms in total. The number of carbonyl (C=O) groups is 1. The summed E-state index contributed by atoms with van der Waals surface area (Å²) >= 11 is 7.27. The highest BCUT2D eigenvalue weighted by atomic mass is 35.5. The zero-order chi connectivity index (χ0) is 14.9. The number of thiazole rings is 1. The molecular formula is C15H15ClN2O2S. The molecule has 1 aliphatic carbocycles. The van der Waals surface area contributed by atoms with Crippen LogP contribution in [0.5, 0.6) is 0 Å². The molecule has 0 unspecified atom stereocenters. The minimum Gasteiger partial charge on any atom is -0.388 e. The first-order valence-corrected chi connectivity index (χ1v) is 8.04. The Bertz CT molecular complexity index is 650. The molecule has 6 heteroatoms. The second-order valence-corrected chi connectivity index (χ2v) is 6.60. The van der Waals surface area contributed by atoms with Gasteiger partial charge in [-0.25, -0.2) is 4.98 Å². The van der Waals surface area contributed by atoms with E-state index >= 15 is 0 Å². The molecule has 1 heterocycles. The highest BCUT2D eigenvalue weighted by Gasteiger charge is 2.34. The molecule has 2 N–H and O–H groups in total. The Morgan fingerprint density at radius 3 is 2.71 bits per heavy atom. The summed E-state index contributed by atoms with van der Waals surface area (Å²) in [5, 5.41) is 15.9. The fraction of sp³-hybridized carbons (Fsp3) is 0.333. The van der Waals surface area contributed by atoms with Crippen molar-refractivity contribution in [2.24, 2.45) is 0 Å². The van der Waals surface area contributed by atoms with Crippen LogP contribution in [-0.2, 0) is 0 Å². The lowest BCUT2D eigenvalue weighted by Crippen LogP contribution is -2.47. The number of aliphatic hydroxyl groups is 1. The molecule has 1 aliphatic rings. The van der Waals surface area contributed by atoms with Gasteiger partial charge < -0.3 is 10.4 Å². The van der Waals surface area contributed by atoms with E-state index in [2.05, 4.69) is 10.3 Å². The lowest BCUT2D eigenvalue weighted by molar-refractivity contribution is -0.0300. The molecule has 110 valence electrons. The zero-order valence-corrected chi connectivity index (χ0v) is 12.9. The topological polar surface area (TPSA) is 62.2 Å². The van der Waals surface area contributed by atoms with Crippen molar-refractivity contribution in [3.63, 3.8) is 0 Å². The Balaban J connectivity index is 1.66. The maximum atomic E-state index is 12.0. The summed E-state index contributed by atoms with van der Waals surface area (Å²) < 4.78 is 0. The lowest BCUT2D eigenvalue weighted by atomic mass is 9.80. The van der Waals surface area contributed by atoms with E-state index < -0.39 is 5.60 Å². The molecule has 2 aromatic rings. The van der Waals surface area contributed by atoms with Crippen LogP contribution in [0.1, 0.15) is 29.8 Å². The van der Waals surface area contributed by atoms with Gasteiger partial charge in [0.2, 0.25) is 0 Å². The molecule has 1 saturated carbocycles. The van der Waals surface area contributed by atoms with Gasteiger partial charge in [0.1, 0.15) is 10.7 Å². The summed E-state index contributed by atoms with van der Waals surface area (Å²) in [6.45, 7) is 0.291. The van der Waals surface area contributed by atoms with E-state index in [0.29, 0.717) is 17.3 Å². The molecule has 1 aromatic heterocycles. The maximum absolute atomic E-state index is 12.0. The van der Waals surface area contributed by atoms with E-state index in [1.807, 2.05) is 12.1 Å². The summed E-state index contributed by atoms with van der Waals surface area (Å²) in [5.41, 5.74) is 0.596. The molecule has 1 aromatic carbocycles. The number of benzene rings is 1. The number of nitrogens with zero attached hydrogens (tertiary/aromatic N) is 1. The fourth-order valence-corrected chi connectivity index (χ4v) is 3.13. The third-order valence-corrected chi connectivity index (χ3v) is 4.83. The van der Waals surface area contributed by atoms with Crippen LogP contribution < -0.4 is 5.32 Å². The van der Waals surface area contributed by atoms with Gasteiger partial charge in [0, 0.05) is 22.5 Å².